The van der Waals surface area contributed by atoms with E-state index in [9.17, 15) is 0 Å². The summed E-state index contributed by atoms with van der Waals surface area (Å²) in [5, 5.41) is 5.06. The van der Waals surface area contributed by atoms with Crippen molar-refractivity contribution in [2.24, 2.45) is 0 Å². The van der Waals surface area contributed by atoms with Gasteiger partial charge in [0.1, 0.15) is 0 Å². The molecule has 105 heavy (non-hydrogen) atoms. The first-order valence-electron chi connectivity index (χ1n) is 37.4. The molecule has 0 radical (unpaired) electrons. The van der Waals surface area contributed by atoms with Gasteiger partial charge in [-0.05, 0) is 237 Å². The van der Waals surface area contributed by atoms with Crippen LogP contribution >= 0.6 is 0 Å². The van der Waals surface area contributed by atoms with E-state index in [1.165, 1.54) is 82.3 Å². The molecule has 5 heteroatoms. The highest BCUT2D eigenvalue weighted by atomic mass is 15.2. The van der Waals surface area contributed by atoms with E-state index in [2.05, 4.69) is 411 Å². The van der Waals surface area contributed by atoms with E-state index in [0.29, 0.717) is 0 Å². The topological polar surface area (TPSA) is 16.3 Å². The van der Waals surface area contributed by atoms with Gasteiger partial charge in [-0.2, -0.15) is 0 Å². The van der Waals surface area contributed by atoms with Crippen molar-refractivity contribution < 1.29 is 0 Å². The summed E-state index contributed by atoms with van der Waals surface area (Å²) in [4.78, 5) is 5.29. The van der Waals surface area contributed by atoms with Gasteiger partial charge in [0, 0.05) is 67.0 Å². The zero-order valence-electron chi connectivity index (χ0n) is 62.3. The summed E-state index contributed by atoms with van der Waals surface area (Å²) in [6, 6.07) is 118. The molecule has 0 N–H and O–H groups in total. The molecule has 2 aromatic heterocycles. The maximum atomic E-state index is 2.64. The smallest absolute Gasteiger partial charge is 0.252 e. The first kappa shape index (κ1) is 65.4. The third-order valence-electron chi connectivity index (χ3n) is 22.4. The summed E-state index contributed by atoms with van der Waals surface area (Å²) in [6.07, 6.45) is 0. The summed E-state index contributed by atoms with van der Waals surface area (Å²) in [5.74, 6) is 0. The van der Waals surface area contributed by atoms with Crippen molar-refractivity contribution in [2.75, 3.05) is 9.80 Å². The van der Waals surface area contributed by atoms with E-state index in [1.54, 1.807) is 0 Å². The molecule has 4 heterocycles. The Hall–Kier alpha value is -11.7. The molecule has 0 saturated carbocycles. The molecule has 510 valence electrons. The van der Waals surface area contributed by atoms with E-state index in [0.717, 1.165) is 101 Å². The molecule has 0 amide bonds. The Morgan fingerprint density at radius 3 is 0.724 bits per heavy atom. The highest BCUT2D eigenvalue weighted by molar-refractivity contribution is 7.00. The van der Waals surface area contributed by atoms with E-state index in [-0.39, 0.29) is 28.4 Å². The molecule has 0 saturated heterocycles. The normalized spacial score (nSPS) is 13.1. The Morgan fingerprint density at radius 1 is 0.210 bits per heavy atom. The Labute approximate surface area is 619 Å². The molecule has 18 rings (SSSR count). The average molecular weight is 1360 g/mol. The van der Waals surface area contributed by atoms with Gasteiger partial charge in [0.2, 0.25) is 0 Å². The molecule has 0 aliphatic carbocycles. The fraction of sp³-hybridized carbons (Fsp3) is 0.160. The van der Waals surface area contributed by atoms with E-state index < -0.39 is 0 Å². The van der Waals surface area contributed by atoms with Crippen molar-refractivity contribution in [3.05, 3.63) is 332 Å². The third kappa shape index (κ3) is 11.3. The summed E-state index contributed by atoms with van der Waals surface area (Å²) < 4.78 is 5.10. The van der Waals surface area contributed by atoms with E-state index >= 15 is 0 Å². The lowest BCUT2D eigenvalue weighted by Crippen LogP contribution is -2.61. The van der Waals surface area contributed by atoms with Crippen LogP contribution in [0, 0.1) is 0 Å². The van der Waals surface area contributed by atoms with Gasteiger partial charge < -0.3 is 18.9 Å². The summed E-state index contributed by atoms with van der Waals surface area (Å²) in [6.45, 7) is 27.7. The van der Waals surface area contributed by atoms with Gasteiger partial charge in [-0.15, -0.1) is 0 Å². The first-order chi connectivity index (χ1) is 50.6. The zero-order chi connectivity index (χ0) is 72.0. The van der Waals surface area contributed by atoms with Gasteiger partial charge in [0.15, 0.2) is 0 Å². The number of rotatable bonds is 9. The van der Waals surface area contributed by atoms with Crippen molar-refractivity contribution in [3.63, 3.8) is 0 Å². The van der Waals surface area contributed by atoms with Crippen LogP contribution in [0.5, 0.6) is 0 Å². The van der Waals surface area contributed by atoms with Gasteiger partial charge in [0.25, 0.3) is 6.71 Å². The Morgan fingerprint density at radius 2 is 0.467 bits per heavy atom. The number of nitrogens with zero attached hydrogens (tertiary/aromatic N) is 4. The molecular weight excluding hydrogens is 1270 g/mol. The molecule has 0 unspecified atom stereocenters. The number of hydrogen-bond acceptors (Lipinski definition) is 2. The second kappa shape index (κ2) is 24.5. The summed E-state index contributed by atoms with van der Waals surface area (Å²) >= 11 is 0. The number of hydrogen-bond donors (Lipinski definition) is 0. The average Bonchev–Trinajstić information content (AvgIpc) is 0.873. The Kier molecular flexibility index (Phi) is 15.3. The highest BCUT2D eigenvalue weighted by Gasteiger charge is 2.45. The fourth-order valence-corrected chi connectivity index (χ4v) is 16.7. The minimum absolute atomic E-state index is 0.0500. The predicted molar refractivity (Wildman–Crippen MR) is 451 cm³/mol. The summed E-state index contributed by atoms with van der Waals surface area (Å²) in [5.41, 5.74) is 33.9. The van der Waals surface area contributed by atoms with Crippen LogP contribution in [0.1, 0.15) is 105 Å². The van der Waals surface area contributed by atoms with E-state index in [4.69, 9.17) is 0 Å². The van der Waals surface area contributed by atoms with Gasteiger partial charge >= 0.3 is 0 Å². The molecule has 4 nitrogen and oxygen atoms in total. The van der Waals surface area contributed by atoms with Crippen LogP contribution < -0.4 is 26.2 Å². The second-order valence-corrected chi connectivity index (χ2v) is 33.5. The van der Waals surface area contributed by atoms with E-state index in [1.807, 2.05) is 0 Å². The Balaban J connectivity index is 0.980. The van der Waals surface area contributed by atoms with Crippen LogP contribution in [-0.2, 0) is 21.7 Å². The molecule has 16 aromatic rings. The lowest BCUT2D eigenvalue weighted by molar-refractivity contribution is 0.590. The molecule has 14 aromatic carbocycles. The van der Waals surface area contributed by atoms with Crippen molar-refractivity contribution in [1.82, 2.24) is 9.13 Å². The molecular formula is C100H87BN4. The predicted octanol–water partition coefficient (Wildman–Crippen LogP) is 25.5. The van der Waals surface area contributed by atoms with Crippen molar-refractivity contribution in [1.29, 1.82) is 0 Å². The zero-order valence-corrected chi connectivity index (χ0v) is 62.3. The van der Waals surface area contributed by atoms with Crippen LogP contribution in [0.2, 0.25) is 0 Å². The highest BCUT2D eigenvalue weighted by Crippen LogP contribution is 2.51. The standard InChI is InChI=1S/C100H87BN4/c1-97(2,3)74-38-46-88-82(58-74)83-59-75(98(4,5)6)39-47-89(83)102(88)78-42-44-86-92(62-78)104(80-52-69(64-28-18-13-19-29-64)50-70(53-80)65-30-20-14-21-31-65)94-56-73(68-36-26-17-27-37-68)57-95-96(94)101(86)87-45-43-79(103-90-48-40-76(99(7,8)9)60-84(90)85-61-77(100(10,11)12)41-49-91(85)103)63-93(87)105(95)81-54-71(66-32-22-15-23-33-66)51-72(55-81)67-34-24-16-25-35-67/h13-63H,1-12H3. The number of fused-ring (bicyclic) bond motifs is 10. The quantitative estimate of drug-likeness (QED) is 0.134. The lowest BCUT2D eigenvalue weighted by Gasteiger charge is -2.45. The molecule has 0 fully saturated rings. The summed E-state index contributed by atoms with van der Waals surface area (Å²) in [7, 11) is 0. The van der Waals surface area contributed by atoms with Crippen LogP contribution in [-0.4, -0.2) is 15.8 Å². The minimum atomic E-state index is -0.221. The second-order valence-electron chi connectivity index (χ2n) is 33.5. The third-order valence-corrected chi connectivity index (χ3v) is 22.4. The van der Waals surface area contributed by atoms with Gasteiger partial charge in [-0.3, -0.25) is 0 Å². The maximum absolute atomic E-state index is 2.64. The molecule has 0 bridgehead atoms. The Bertz CT molecular complexity index is 5500. The number of anilines is 6. The fourth-order valence-electron chi connectivity index (χ4n) is 16.7. The van der Waals surface area contributed by atoms with Gasteiger partial charge in [0.05, 0.1) is 22.1 Å². The van der Waals surface area contributed by atoms with Crippen LogP contribution in [0.3, 0.4) is 0 Å². The monoisotopic (exact) mass is 1350 g/mol. The van der Waals surface area contributed by atoms with Crippen LogP contribution in [0.4, 0.5) is 34.1 Å². The lowest BCUT2D eigenvalue weighted by atomic mass is 9.33. The number of benzene rings is 14. The van der Waals surface area contributed by atoms with Crippen LogP contribution in [0.25, 0.3) is 111 Å². The molecule has 2 aliphatic heterocycles. The van der Waals surface area contributed by atoms with Crippen LogP contribution in [0.15, 0.2) is 309 Å². The molecule has 0 spiro atoms. The first-order valence-corrected chi connectivity index (χ1v) is 37.4. The largest absolute Gasteiger partial charge is 0.311 e. The number of aromatic nitrogens is 2. The maximum Gasteiger partial charge on any atom is 0.252 e. The molecule has 0 atom stereocenters. The van der Waals surface area contributed by atoms with Gasteiger partial charge in [-0.1, -0.05) is 271 Å². The SMILES string of the molecule is CC(C)(C)c1ccc2c(c1)c1cc(C(C)(C)C)ccc1n2-c1ccc2c(c1)N(c1cc(-c3ccccc3)cc(-c3ccccc3)c1)c1cc(-c3ccccc3)cc3c1B2c1ccc(-n2c4ccc(C(C)(C)C)cc4c4cc(C(C)(C)C)ccc42)cc1N3c1cc(-c2ccccc2)cc(-c2ccccc2)c1. The van der Waals surface area contributed by atoms with Crippen molar-refractivity contribution in [3.8, 4) is 67.0 Å². The van der Waals surface area contributed by atoms with Crippen molar-refractivity contribution in [2.45, 2.75) is 105 Å². The van der Waals surface area contributed by atoms with Crippen molar-refractivity contribution >= 4 is 101 Å². The molecule has 2 aliphatic rings. The minimum Gasteiger partial charge on any atom is -0.311 e. The van der Waals surface area contributed by atoms with Gasteiger partial charge in [-0.25, -0.2) is 0 Å².